The van der Waals surface area contributed by atoms with Gasteiger partial charge in [0.15, 0.2) is 5.78 Å². The molecule has 3 nitrogen and oxygen atoms in total. The Kier molecular flexibility index (Phi) is 1.91. The van der Waals surface area contributed by atoms with Crippen LogP contribution < -0.4 is 5.32 Å². The van der Waals surface area contributed by atoms with E-state index in [2.05, 4.69) is 0 Å². The molecule has 1 aliphatic rings. The SMILES string of the molecule is O=C1CC(=O)C(C(F)(F)F)=CN1. The summed E-state index contributed by atoms with van der Waals surface area (Å²) in [6.07, 6.45) is -5.01. The molecule has 1 N–H and O–H groups in total. The highest BCUT2D eigenvalue weighted by atomic mass is 19.4. The van der Waals surface area contributed by atoms with Crippen LogP contribution in [-0.4, -0.2) is 17.9 Å². The molecule has 0 unspecified atom stereocenters. The van der Waals surface area contributed by atoms with Gasteiger partial charge in [0.1, 0.15) is 5.57 Å². The van der Waals surface area contributed by atoms with E-state index in [0.29, 0.717) is 6.20 Å². The minimum atomic E-state index is -4.68. The van der Waals surface area contributed by atoms with Gasteiger partial charge in [-0.1, -0.05) is 0 Å². The number of amides is 1. The van der Waals surface area contributed by atoms with E-state index < -0.39 is 29.9 Å². The predicted molar refractivity (Wildman–Crippen MR) is 31.9 cm³/mol. The molecule has 0 saturated heterocycles. The maximum Gasteiger partial charge on any atom is 0.421 e. The molecule has 6 heteroatoms. The topological polar surface area (TPSA) is 46.2 Å². The molecule has 0 fully saturated rings. The van der Waals surface area contributed by atoms with Crippen molar-refractivity contribution in [3.63, 3.8) is 0 Å². The minimum Gasteiger partial charge on any atom is -0.332 e. The van der Waals surface area contributed by atoms with Gasteiger partial charge in [-0.25, -0.2) is 0 Å². The maximum atomic E-state index is 11.9. The average molecular weight is 179 g/mol. The fourth-order valence-electron chi connectivity index (χ4n) is 0.765. The third-order valence-corrected chi connectivity index (χ3v) is 1.30. The van der Waals surface area contributed by atoms with Gasteiger partial charge >= 0.3 is 6.18 Å². The van der Waals surface area contributed by atoms with Gasteiger partial charge < -0.3 is 5.32 Å². The van der Waals surface area contributed by atoms with Crippen LogP contribution in [0.4, 0.5) is 13.2 Å². The van der Waals surface area contributed by atoms with E-state index in [1.54, 1.807) is 0 Å². The highest BCUT2D eigenvalue weighted by Gasteiger charge is 2.40. The Balaban J connectivity index is 2.92. The molecule has 1 heterocycles. The number of rotatable bonds is 0. The third-order valence-electron chi connectivity index (χ3n) is 1.30. The molecule has 0 spiro atoms. The molecule has 1 rings (SSSR count). The summed E-state index contributed by atoms with van der Waals surface area (Å²) in [4.78, 5) is 21.0. The molecule has 0 aliphatic carbocycles. The van der Waals surface area contributed by atoms with Crippen LogP contribution in [0, 0.1) is 0 Å². The number of alkyl halides is 3. The molecule has 0 bridgehead atoms. The van der Waals surface area contributed by atoms with Crippen LogP contribution in [0.3, 0.4) is 0 Å². The van der Waals surface area contributed by atoms with Crippen molar-refractivity contribution in [3.8, 4) is 0 Å². The highest BCUT2D eigenvalue weighted by molar-refractivity contribution is 6.10. The van der Waals surface area contributed by atoms with Crippen molar-refractivity contribution in [1.29, 1.82) is 0 Å². The minimum absolute atomic E-state index is 0.397. The monoisotopic (exact) mass is 179 g/mol. The highest BCUT2D eigenvalue weighted by Crippen LogP contribution is 2.27. The molecule has 0 atom stereocenters. The Labute approximate surface area is 65.2 Å². The Hall–Kier alpha value is -1.33. The van der Waals surface area contributed by atoms with Crippen molar-refractivity contribution in [2.24, 2.45) is 0 Å². The number of carbonyl (C=O) groups is 2. The fourth-order valence-corrected chi connectivity index (χ4v) is 0.765. The summed E-state index contributed by atoms with van der Waals surface area (Å²) >= 11 is 0. The van der Waals surface area contributed by atoms with Gasteiger partial charge in [-0.2, -0.15) is 13.2 Å². The average Bonchev–Trinajstić information content (AvgIpc) is 1.83. The van der Waals surface area contributed by atoms with Crippen molar-refractivity contribution in [2.75, 3.05) is 0 Å². The zero-order valence-electron chi connectivity index (χ0n) is 5.73. The van der Waals surface area contributed by atoms with Crippen LogP contribution in [-0.2, 0) is 9.59 Å². The van der Waals surface area contributed by atoms with Gasteiger partial charge in [0.25, 0.3) is 0 Å². The maximum absolute atomic E-state index is 11.9. The van der Waals surface area contributed by atoms with Crippen molar-refractivity contribution in [3.05, 3.63) is 11.8 Å². The Morgan fingerprint density at radius 1 is 1.33 bits per heavy atom. The lowest BCUT2D eigenvalue weighted by molar-refractivity contribution is -0.134. The van der Waals surface area contributed by atoms with Crippen LogP contribution in [0.25, 0.3) is 0 Å². The lowest BCUT2D eigenvalue weighted by atomic mass is 10.1. The van der Waals surface area contributed by atoms with E-state index in [9.17, 15) is 22.8 Å². The van der Waals surface area contributed by atoms with Gasteiger partial charge in [-0.15, -0.1) is 0 Å². The van der Waals surface area contributed by atoms with Gasteiger partial charge in [-0.3, -0.25) is 9.59 Å². The van der Waals surface area contributed by atoms with Crippen molar-refractivity contribution in [2.45, 2.75) is 12.6 Å². The molecule has 0 radical (unpaired) electrons. The number of Topliss-reactive ketones (excluding diaryl/α,β-unsaturated/α-hetero) is 1. The molecule has 0 aromatic heterocycles. The van der Waals surface area contributed by atoms with E-state index in [0.717, 1.165) is 0 Å². The molecule has 0 aromatic rings. The third kappa shape index (κ3) is 1.63. The molecule has 0 aromatic carbocycles. The largest absolute Gasteiger partial charge is 0.421 e. The standard InChI is InChI=1S/C6H4F3NO2/c7-6(8,9)3-2-10-5(12)1-4(3)11/h2H,1H2,(H,10,12). The zero-order valence-corrected chi connectivity index (χ0v) is 5.73. The summed E-state index contributed by atoms with van der Waals surface area (Å²) in [6, 6.07) is 0. The number of halogens is 3. The van der Waals surface area contributed by atoms with E-state index in [4.69, 9.17) is 0 Å². The Morgan fingerprint density at radius 2 is 1.92 bits per heavy atom. The van der Waals surface area contributed by atoms with Crippen LogP contribution in [0.1, 0.15) is 6.42 Å². The quantitative estimate of drug-likeness (QED) is 0.551. The summed E-state index contributed by atoms with van der Waals surface area (Å²) in [5.74, 6) is -1.90. The lowest BCUT2D eigenvalue weighted by Gasteiger charge is -2.14. The van der Waals surface area contributed by atoms with Crippen LogP contribution >= 0.6 is 0 Å². The Bertz CT molecular complexity index is 266. The number of ketones is 1. The Morgan fingerprint density at radius 3 is 2.33 bits per heavy atom. The van der Waals surface area contributed by atoms with E-state index in [1.165, 1.54) is 0 Å². The number of carbonyl (C=O) groups excluding carboxylic acids is 2. The zero-order chi connectivity index (χ0) is 9.35. The first-order valence-corrected chi connectivity index (χ1v) is 3.01. The first-order chi connectivity index (χ1) is 5.41. The molecule has 1 amide bonds. The van der Waals surface area contributed by atoms with E-state index >= 15 is 0 Å². The summed E-state index contributed by atoms with van der Waals surface area (Å²) in [7, 11) is 0. The summed E-state index contributed by atoms with van der Waals surface area (Å²) in [5.41, 5.74) is -1.30. The van der Waals surface area contributed by atoms with Gasteiger partial charge in [0.2, 0.25) is 5.91 Å². The lowest BCUT2D eigenvalue weighted by Crippen LogP contribution is -2.33. The number of allylic oxidation sites excluding steroid dienone is 1. The fraction of sp³-hybridized carbons (Fsp3) is 0.333. The van der Waals surface area contributed by atoms with E-state index in [1.807, 2.05) is 5.32 Å². The first-order valence-electron chi connectivity index (χ1n) is 3.01. The number of hydrogen-bond donors (Lipinski definition) is 1. The molecule has 66 valence electrons. The van der Waals surface area contributed by atoms with Crippen molar-refractivity contribution >= 4 is 11.7 Å². The first kappa shape index (κ1) is 8.76. The van der Waals surface area contributed by atoms with Gasteiger partial charge in [0.05, 0.1) is 6.42 Å². The van der Waals surface area contributed by atoms with Crippen LogP contribution in [0.15, 0.2) is 11.8 Å². The second-order valence-electron chi connectivity index (χ2n) is 2.22. The predicted octanol–water partition coefficient (Wildman–Crippen LogP) is 0.522. The van der Waals surface area contributed by atoms with Crippen molar-refractivity contribution < 1.29 is 22.8 Å². The summed E-state index contributed by atoms with van der Waals surface area (Å²) in [6.45, 7) is 0. The van der Waals surface area contributed by atoms with Crippen LogP contribution in [0.2, 0.25) is 0 Å². The second-order valence-corrected chi connectivity index (χ2v) is 2.22. The second kappa shape index (κ2) is 2.62. The molecule has 1 aliphatic heterocycles. The summed E-state index contributed by atoms with van der Waals surface area (Å²) in [5, 5.41) is 1.83. The normalized spacial score (nSPS) is 18.8. The molecular formula is C6H4F3NO2. The number of hydrogen-bond acceptors (Lipinski definition) is 2. The van der Waals surface area contributed by atoms with Gasteiger partial charge in [0, 0.05) is 6.20 Å². The smallest absolute Gasteiger partial charge is 0.332 e. The number of nitrogens with one attached hydrogen (secondary N) is 1. The van der Waals surface area contributed by atoms with Gasteiger partial charge in [-0.05, 0) is 0 Å². The summed E-state index contributed by atoms with van der Waals surface area (Å²) < 4.78 is 35.6. The molecule has 12 heavy (non-hydrogen) atoms. The van der Waals surface area contributed by atoms with E-state index in [-0.39, 0.29) is 0 Å². The molecule has 0 saturated carbocycles. The molecular weight excluding hydrogens is 175 g/mol. The van der Waals surface area contributed by atoms with Crippen LogP contribution in [0.5, 0.6) is 0 Å². The van der Waals surface area contributed by atoms with Crippen molar-refractivity contribution in [1.82, 2.24) is 5.32 Å².